The first-order valence-electron chi connectivity index (χ1n) is 3.61. The summed E-state index contributed by atoms with van der Waals surface area (Å²) in [6.07, 6.45) is 3.17. The van der Waals surface area contributed by atoms with Gasteiger partial charge in [-0.05, 0) is 0 Å². The predicted octanol–water partition coefficient (Wildman–Crippen LogP) is 0.662. The molecule has 0 fully saturated rings. The maximum absolute atomic E-state index is 10.8. The Bertz CT molecular complexity index is 417. The van der Waals surface area contributed by atoms with Crippen molar-refractivity contribution >= 4 is 5.78 Å². The number of nitrogens with one attached hydrogen (secondary N) is 1. The number of hydrogen-bond donors (Lipinski definition) is 1. The molecule has 6 heteroatoms. The van der Waals surface area contributed by atoms with E-state index in [1.54, 1.807) is 12.4 Å². The summed E-state index contributed by atoms with van der Waals surface area (Å²) in [6, 6.07) is 0. The minimum absolute atomic E-state index is 0.0104. The van der Waals surface area contributed by atoms with Gasteiger partial charge >= 0.3 is 0 Å². The molecule has 6 nitrogen and oxygen atoms in total. The normalized spacial score (nSPS) is 10.2. The van der Waals surface area contributed by atoms with E-state index in [1.807, 2.05) is 0 Å². The van der Waals surface area contributed by atoms with E-state index in [0.717, 1.165) is 0 Å². The standard InChI is InChI=1S/C7H6N4O2/c1-4(12)7-10-6(11-13-7)5-2-8-9-3-5/h2-3H,1H3,(H,8,9). The van der Waals surface area contributed by atoms with Gasteiger partial charge in [-0.2, -0.15) is 10.1 Å². The van der Waals surface area contributed by atoms with Crippen molar-refractivity contribution in [3.63, 3.8) is 0 Å². The van der Waals surface area contributed by atoms with E-state index in [-0.39, 0.29) is 11.7 Å². The molecule has 2 aromatic rings. The van der Waals surface area contributed by atoms with E-state index in [0.29, 0.717) is 11.4 Å². The molecule has 0 unspecified atom stereocenters. The van der Waals surface area contributed by atoms with Gasteiger partial charge < -0.3 is 4.52 Å². The summed E-state index contributed by atoms with van der Waals surface area (Å²) in [4.78, 5) is 14.7. The number of carbonyl (C=O) groups excluding carboxylic acids is 1. The van der Waals surface area contributed by atoms with Crippen molar-refractivity contribution in [3.8, 4) is 11.4 Å². The maximum atomic E-state index is 10.8. The molecule has 0 radical (unpaired) electrons. The summed E-state index contributed by atoms with van der Waals surface area (Å²) < 4.78 is 4.70. The molecule has 0 saturated carbocycles. The number of aromatic nitrogens is 4. The molecule has 0 aliphatic rings. The van der Waals surface area contributed by atoms with Gasteiger partial charge in [-0.3, -0.25) is 9.89 Å². The molecule has 66 valence electrons. The lowest BCUT2D eigenvalue weighted by Gasteiger charge is -1.80. The Morgan fingerprint density at radius 1 is 1.62 bits per heavy atom. The second-order valence-electron chi connectivity index (χ2n) is 2.47. The first kappa shape index (κ1) is 7.66. The van der Waals surface area contributed by atoms with E-state index >= 15 is 0 Å². The lowest BCUT2D eigenvalue weighted by Crippen LogP contribution is -1.90. The van der Waals surface area contributed by atoms with E-state index < -0.39 is 0 Å². The van der Waals surface area contributed by atoms with E-state index in [4.69, 9.17) is 4.52 Å². The maximum Gasteiger partial charge on any atom is 0.294 e. The van der Waals surface area contributed by atoms with Crippen LogP contribution in [0.1, 0.15) is 17.6 Å². The summed E-state index contributed by atoms with van der Waals surface area (Å²) >= 11 is 0. The lowest BCUT2D eigenvalue weighted by atomic mass is 10.3. The second-order valence-corrected chi connectivity index (χ2v) is 2.47. The van der Waals surface area contributed by atoms with Crippen LogP contribution in [0.3, 0.4) is 0 Å². The van der Waals surface area contributed by atoms with Gasteiger partial charge in [0.1, 0.15) is 0 Å². The number of nitrogens with zero attached hydrogens (tertiary/aromatic N) is 3. The van der Waals surface area contributed by atoms with Gasteiger partial charge in [-0.1, -0.05) is 5.16 Å². The molecule has 2 aromatic heterocycles. The van der Waals surface area contributed by atoms with Crippen LogP contribution >= 0.6 is 0 Å². The molecule has 1 N–H and O–H groups in total. The quantitative estimate of drug-likeness (QED) is 0.683. The van der Waals surface area contributed by atoms with Crippen LogP contribution < -0.4 is 0 Å². The molecule has 0 aromatic carbocycles. The Hall–Kier alpha value is -1.98. The highest BCUT2D eigenvalue weighted by atomic mass is 16.5. The highest BCUT2D eigenvalue weighted by molar-refractivity contribution is 5.89. The van der Waals surface area contributed by atoms with Crippen molar-refractivity contribution in [2.75, 3.05) is 0 Å². The van der Waals surface area contributed by atoms with Crippen LogP contribution in [-0.4, -0.2) is 26.1 Å². The van der Waals surface area contributed by atoms with Crippen LogP contribution in [0.25, 0.3) is 11.4 Å². The van der Waals surface area contributed by atoms with Crippen LogP contribution in [0.2, 0.25) is 0 Å². The van der Waals surface area contributed by atoms with Crippen molar-refractivity contribution in [1.82, 2.24) is 20.3 Å². The summed E-state index contributed by atoms with van der Waals surface area (Å²) in [5.74, 6) is 0.123. The Kier molecular flexibility index (Phi) is 1.66. The Morgan fingerprint density at radius 3 is 3.00 bits per heavy atom. The number of ketones is 1. The summed E-state index contributed by atoms with van der Waals surface area (Å²) in [5, 5.41) is 9.94. The molecular weight excluding hydrogens is 172 g/mol. The minimum Gasteiger partial charge on any atom is -0.330 e. The molecule has 0 atom stereocenters. The highest BCUT2D eigenvalue weighted by Gasteiger charge is 2.11. The van der Waals surface area contributed by atoms with Crippen LogP contribution in [0.4, 0.5) is 0 Å². The van der Waals surface area contributed by atoms with E-state index in [9.17, 15) is 4.79 Å². The fourth-order valence-corrected chi connectivity index (χ4v) is 0.857. The van der Waals surface area contributed by atoms with Crippen molar-refractivity contribution in [2.24, 2.45) is 0 Å². The number of carbonyl (C=O) groups is 1. The average Bonchev–Trinajstić information content (AvgIpc) is 2.75. The number of aromatic amines is 1. The Balaban J connectivity index is 2.39. The van der Waals surface area contributed by atoms with Crippen LogP contribution in [-0.2, 0) is 0 Å². The first-order valence-corrected chi connectivity index (χ1v) is 3.61. The molecule has 0 aliphatic heterocycles. The fourth-order valence-electron chi connectivity index (χ4n) is 0.857. The molecule has 0 amide bonds. The molecule has 0 spiro atoms. The zero-order valence-electron chi connectivity index (χ0n) is 6.81. The van der Waals surface area contributed by atoms with Crippen molar-refractivity contribution in [2.45, 2.75) is 6.92 Å². The fraction of sp³-hybridized carbons (Fsp3) is 0.143. The Labute approximate surface area is 73.0 Å². The van der Waals surface area contributed by atoms with Crippen LogP contribution in [0, 0.1) is 0 Å². The van der Waals surface area contributed by atoms with Gasteiger partial charge in [0.25, 0.3) is 5.89 Å². The molecule has 2 heterocycles. The van der Waals surface area contributed by atoms with Crippen LogP contribution in [0.15, 0.2) is 16.9 Å². The van der Waals surface area contributed by atoms with Gasteiger partial charge in [0, 0.05) is 13.1 Å². The van der Waals surface area contributed by atoms with Gasteiger partial charge in [-0.25, -0.2) is 0 Å². The number of Topliss-reactive ketones (excluding diaryl/α,β-unsaturated/α-hetero) is 1. The third-order valence-electron chi connectivity index (χ3n) is 1.48. The number of rotatable bonds is 2. The Morgan fingerprint density at radius 2 is 2.46 bits per heavy atom. The predicted molar refractivity (Wildman–Crippen MR) is 41.9 cm³/mol. The van der Waals surface area contributed by atoms with Gasteiger partial charge in [0.05, 0.1) is 11.8 Å². The van der Waals surface area contributed by atoms with Gasteiger partial charge in [0.2, 0.25) is 11.6 Å². The third kappa shape index (κ3) is 1.33. The number of hydrogen-bond acceptors (Lipinski definition) is 5. The largest absolute Gasteiger partial charge is 0.330 e. The zero-order chi connectivity index (χ0) is 9.26. The van der Waals surface area contributed by atoms with Crippen molar-refractivity contribution in [3.05, 3.63) is 18.3 Å². The molecule has 2 rings (SSSR count). The van der Waals surface area contributed by atoms with Crippen LogP contribution in [0.5, 0.6) is 0 Å². The summed E-state index contributed by atoms with van der Waals surface area (Å²) in [5.41, 5.74) is 0.691. The monoisotopic (exact) mass is 178 g/mol. The average molecular weight is 178 g/mol. The van der Waals surface area contributed by atoms with Crippen molar-refractivity contribution < 1.29 is 9.32 Å². The van der Waals surface area contributed by atoms with Gasteiger partial charge in [0.15, 0.2) is 0 Å². The minimum atomic E-state index is -0.248. The molecule has 0 bridgehead atoms. The molecular formula is C7H6N4O2. The summed E-state index contributed by atoms with van der Waals surface area (Å²) in [6.45, 7) is 1.37. The smallest absolute Gasteiger partial charge is 0.294 e. The number of H-pyrrole nitrogens is 1. The summed E-state index contributed by atoms with van der Waals surface area (Å²) in [7, 11) is 0. The van der Waals surface area contributed by atoms with E-state index in [1.165, 1.54) is 6.92 Å². The SMILES string of the molecule is CC(=O)c1nc(-c2cn[nH]c2)no1. The third-order valence-corrected chi connectivity index (χ3v) is 1.48. The zero-order valence-corrected chi connectivity index (χ0v) is 6.81. The molecule has 0 aliphatic carbocycles. The lowest BCUT2D eigenvalue weighted by molar-refractivity contribution is 0.0972. The van der Waals surface area contributed by atoms with Gasteiger partial charge in [-0.15, -0.1) is 0 Å². The molecule has 0 saturated heterocycles. The highest BCUT2D eigenvalue weighted by Crippen LogP contribution is 2.12. The topological polar surface area (TPSA) is 84.7 Å². The van der Waals surface area contributed by atoms with E-state index in [2.05, 4.69) is 20.3 Å². The second kappa shape index (κ2) is 2.81. The first-order chi connectivity index (χ1) is 6.27. The molecule has 13 heavy (non-hydrogen) atoms. The van der Waals surface area contributed by atoms with Crippen molar-refractivity contribution in [1.29, 1.82) is 0 Å².